The van der Waals surface area contributed by atoms with Gasteiger partial charge in [-0.1, -0.05) is 0 Å². The molecule has 9 nitrogen and oxygen atoms in total. The largest absolute Gasteiger partial charge is 0.488 e. The van der Waals surface area contributed by atoms with E-state index in [1.54, 1.807) is 12.1 Å². The number of halogens is 3. The van der Waals surface area contributed by atoms with Gasteiger partial charge in [0.2, 0.25) is 17.4 Å². The third kappa shape index (κ3) is 3.00. The van der Waals surface area contributed by atoms with E-state index in [9.17, 15) is 32.9 Å². The number of amides is 3. The maximum absolute atomic E-state index is 14.9. The fourth-order valence-electron chi connectivity index (χ4n) is 3.13. The Kier molecular flexibility index (Phi) is 5.10. The number of urea groups is 1. The number of hydrogen-bond donors (Lipinski definition) is 0. The summed E-state index contributed by atoms with van der Waals surface area (Å²) in [4.78, 5) is 40.6. The molecule has 1 aromatic heterocycles. The zero-order valence-corrected chi connectivity index (χ0v) is 16.0. The van der Waals surface area contributed by atoms with Gasteiger partial charge in [-0.25, -0.2) is 14.1 Å². The van der Waals surface area contributed by atoms with Gasteiger partial charge in [0.15, 0.2) is 5.82 Å². The molecule has 12 heteroatoms. The third-order valence-corrected chi connectivity index (χ3v) is 4.75. The highest BCUT2D eigenvalue weighted by atomic mass is 19.2. The molecule has 0 N–H and O–H groups in total. The highest BCUT2D eigenvalue weighted by Crippen LogP contribution is 2.44. The second-order valence-electron chi connectivity index (χ2n) is 6.85. The van der Waals surface area contributed by atoms with Crippen LogP contribution in [0.2, 0.25) is 0 Å². The van der Waals surface area contributed by atoms with Crippen molar-refractivity contribution in [3.8, 4) is 5.75 Å². The molecule has 30 heavy (non-hydrogen) atoms. The molecule has 3 rings (SSSR count). The first kappa shape index (κ1) is 21.0. The van der Waals surface area contributed by atoms with Crippen LogP contribution in [-0.4, -0.2) is 39.4 Å². The summed E-state index contributed by atoms with van der Waals surface area (Å²) < 4.78 is 48.4. The van der Waals surface area contributed by atoms with Crippen molar-refractivity contribution < 1.29 is 32.4 Å². The smallest absolute Gasteiger partial charge is 0.351 e. The zero-order valence-electron chi connectivity index (χ0n) is 16.0. The van der Waals surface area contributed by atoms with Gasteiger partial charge in [0.1, 0.15) is 11.2 Å². The van der Waals surface area contributed by atoms with Gasteiger partial charge in [-0.05, 0) is 31.5 Å². The Hall–Kier alpha value is -3.70. The van der Waals surface area contributed by atoms with Crippen molar-refractivity contribution in [2.24, 2.45) is 0 Å². The Morgan fingerprint density at radius 3 is 2.27 bits per heavy atom. The van der Waals surface area contributed by atoms with Crippen LogP contribution in [0, 0.1) is 27.6 Å². The van der Waals surface area contributed by atoms with Crippen molar-refractivity contribution in [2.45, 2.75) is 25.9 Å². The number of carbonyl (C=O) groups is 2. The number of anilines is 1. The van der Waals surface area contributed by atoms with Crippen LogP contribution in [0.1, 0.15) is 19.4 Å². The average Bonchev–Trinajstić information content (AvgIpc) is 2.86. The van der Waals surface area contributed by atoms with Gasteiger partial charge < -0.3 is 9.64 Å². The Balaban J connectivity index is 2.18. The monoisotopic (exact) mass is 424 g/mol. The van der Waals surface area contributed by atoms with Crippen LogP contribution in [0.3, 0.4) is 0 Å². The molecular weight excluding hydrogens is 409 g/mol. The Bertz CT molecular complexity index is 1060. The quantitative estimate of drug-likeness (QED) is 0.316. The summed E-state index contributed by atoms with van der Waals surface area (Å²) in [5, 5.41) is 11.2. The maximum atomic E-state index is 14.9. The molecule has 158 valence electrons. The molecule has 0 saturated carbocycles. The summed E-state index contributed by atoms with van der Waals surface area (Å²) in [5.41, 5.74) is -4.02. The van der Waals surface area contributed by atoms with Gasteiger partial charge in [0.25, 0.3) is 5.91 Å². The molecular formula is C18H15F3N4O5. The number of carbonyl (C=O) groups excluding carboxylic acids is 2. The van der Waals surface area contributed by atoms with Gasteiger partial charge in [0.05, 0.1) is 12.0 Å². The number of imide groups is 1. The molecule has 0 radical (unpaired) electrons. The van der Waals surface area contributed by atoms with E-state index in [4.69, 9.17) is 0 Å². The van der Waals surface area contributed by atoms with Gasteiger partial charge in [-0.2, -0.15) is 8.78 Å². The van der Waals surface area contributed by atoms with E-state index in [1.807, 2.05) is 0 Å². The van der Waals surface area contributed by atoms with Crippen LogP contribution in [-0.2, 0) is 11.3 Å². The molecule has 0 unspecified atom stereocenters. The minimum absolute atomic E-state index is 0.0708. The molecule has 0 atom stereocenters. The topological polar surface area (TPSA) is 106 Å². The lowest BCUT2D eigenvalue weighted by molar-refractivity contribution is -0.388. The number of methoxy groups -OCH3 is 1. The van der Waals surface area contributed by atoms with E-state index in [1.165, 1.54) is 26.2 Å². The van der Waals surface area contributed by atoms with E-state index in [0.717, 1.165) is 12.0 Å². The fourth-order valence-corrected chi connectivity index (χ4v) is 3.13. The lowest BCUT2D eigenvalue weighted by Crippen LogP contribution is -2.43. The number of hydrogen-bond acceptors (Lipinski definition) is 6. The van der Waals surface area contributed by atoms with Crippen molar-refractivity contribution >= 4 is 23.3 Å². The normalized spacial score (nSPS) is 15.7. The van der Waals surface area contributed by atoms with Crippen LogP contribution in [0.4, 0.5) is 29.3 Å². The van der Waals surface area contributed by atoms with E-state index in [0.29, 0.717) is 5.56 Å². The first-order chi connectivity index (χ1) is 14.0. The predicted octanol–water partition coefficient (Wildman–Crippen LogP) is 3.16. The number of nitro groups is 1. The van der Waals surface area contributed by atoms with Crippen LogP contribution in [0.25, 0.3) is 0 Å². The van der Waals surface area contributed by atoms with E-state index < -0.39 is 57.0 Å². The van der Waals surface area contributed by atoms with Crippen molar-refractivity contribution in [1.82, 2.24) is 9.88 Å². The first-order valence-corrected chi connectivity index (χ1v) is 8.47. The van der Waals surface area contributed by atoms with E-state index >= 15 is 0 Å². The van der Waals surface area contributed by atoms with Crippen molar-refractivity contribution in [3.05, 3.63) is 57.7 Å². The van der Waals surface area contributed by atoms with Crippen molar-refractivity contribution in [2.75, 3.05) is 12.0 Å². The van der Waals surface area contributed by atoms with Gasteiger partial charge >= 0.3 is 11.7 Å². The molecule has 0 bridgehead atoms. The minimum Gasteiger partial charge on any atom is -0.488 e. The Labute approximate surface area is 167 Å². The standard InChI is InChI=1S/C18H15F3N4O5/c1-18(2)16(26)24(17(27)23(18)8-9-4-6-22-7-5-9)13-10(19)11(20)15(30-3)14(12(13)21)25(28)29/h4-7H,8H2,1-3H3. The Morgan fingerprint density at radius 1 is 1.13 bits per heavy atom. The number of ether oxygens (including phenoxy) is 1. The maximum Gasteiger partial charge on any atom is 0.351 e. The van der Waals surface area contributed by atoms with Crippen LogP contribution >= 0.6 is 0 Å². The van der Waals surface area contributed by atoms with Crippen LogP contribution in [0.5, 0.6) is 5.75 Å². The van der Waals surface area contributed by atoms with Crippen molar-refractivity contribution in [3.63, 3.8) is 0 Å². The number of pyridine rings is 1. The van der Waals surface area contributed by atoms with Gasteiger partial charge in [0, 0.05) is 18.9 Å². The fraction of sp³-hybridized carbons (Fsp3) is 0.278. The molecule has 0 spiro atoms. The summed E-state index contributed by atoms with van der Waals surface area (Å²) in [6, 6.07) is 1.96. The van der Waals surface area contributed by atoms with Crippen LogP contribution < -0.4 is 9.64 Å². The average molecular weight is 424 g/mol. The van der Waals surface area contributed by atoms with E-state index in [2.05, 4.69) is 9.72 Å². The molecule has 1 aromatic carbocycles. The molecule has 2 aromatic rings. The summed E-state index contributed by atoms with van der Waals surface area (Å²) in [5.74, 6) is -8.13. The second kappa shape index (κ2) is 7.28. The third-order valence-electron chi connectivity index (χ3n) is 4.75. The van der Waals surface area contributed by atoms with Gasteiger partial charge in [-0.3, -0.25) is 19.9 Å². The summed E-state index contributed by atoms with van der Waals surface area (Å²) in [6.07, 6.45) is 2.90. The van der Waals surface area contributed by atoms with E-state index in [-0.39, 0.29) is 11.4 Å². The Morgan fingerprint density at radius 2 is 1.73 bits per heavy atom. The van der Waals surface area contributed by atoms with Crippen LogP contribution in [0.15, 0.2) is 24.5 Å². The molecule has 1 saturated heterocycles. The SMILES string of the molecule is COc1c(F)c(F)c(N2C(=O)N(Cc3ccncc3)C(C)(C)C2=O)c(F)c1[N+](=O)[O-]. The zero-order chi connectivity index (χ0) is 22.4. The molecule has 0 aliphatic carbocycles. The highest BCUT2D eigenvalue weighted by Gasteiger charge is 2.54. The number of nitro benzene ring substituents is 1. The molecule has 1 fully saturated rings. The highest BCUT2D eigenvalue weighted by molar-refractivity contribution is 6.23. The van der Waals surface area contributed by atoms with Crippen molar-refractivity contribution in [1.29, 1.82) is 0 Å². The summed E-state index contributed by atoms with van der Waals surface area (Å²) in [7, 11) is 0.787. The molecule has 3 amide bonds. The lowest BCUT2D eigenvalue weighted by atomic mass is 10.0. The lowest BCUT2D eigenvalue weighted by Gasteiger charge is -2.27. The van der Waals surface area contributed by atoms with Gasteiger partial charge in [-0.15, -0.1) is 0 Å². The number of aromatic nitrogens is 1. The number of nitrogens with zero attached hydrogens (tertiary/aromatic N) is 4. The summed E-state index contributed by atoms with van der Waals surface area (Å²) >= 11 is 0. The minimum atomic E-state index is -1.96. The molecule has 1 aliphatic rings. The summed E-state index contributed by atoms with van der Waals surface area (Å²) in [6.45, 7) is 2.54. The first-order valence-electron chi connectivity index (χ1n) is 8.47. The molecule has 2 heterocycles. The molecule has 1 aliphatic heterocycles. The predicted molar refractivity (Wildman–Crippen MR) is 96.3 cm³/mol. The number of rotatable bonds is 5. The second-order valence-corrected chi connectivity index (χ2v) is 6.85. The number of benzene rings is 1.